The van der Waals surface area contributed by atoms with Gasteiger partial charge in [-0.3, -0.25) is 19.4 Å². The largest absolute Gasteiger partial charge is 0.325 e. The summed E-state index contributed by atoms with van der Waals surface area (Å²) in [7, 11) is 0. The Morgan fingerprint density at radius 2 is 1.58 bits per heavy atom. The summed E-state index contributed by atoms with van der Waals surface area (Å²) in [5.41, 5.74) is 1.78. The number of nitrogens with one attached hydrogen (secondary N) is 2. The average molecular weight is 472 g/mol. The quantitative estimate of drug-likeness (QED) is 0.549. The van der Waals surface area contributed by atoms with E-state index in [1.54, 1.807) is 29.2 Å². The first-order valence-electron chi connectivity index (χ1n) is 10.4. The number of rotatable bonds is 7. The van der Waals surface area contributed by atoms with E-state index in [1.165, 1.54) is 30.6 Å². The molecule has 0 bridgehead atoms. The van der Waals surface area contributed by atoms with Crippen LogP contribution in [0.5, 0.6) is 0 Å². The zero-order chi connectivity index (χ0) is 23.2. The highest BCUT2D eigenvalue weighted by molar-refractivity contribution is 6.31. The van der Waals surface area contributed by atoms with Gasteiger partial charge in [0.2, 0.25) is 11.8 Å². The molecule has 1 aliphatic heterocycles. The molecule has 0 spiro atoms. The first kappa shape index (κ1) is 22.8. The molecule has 0 aliphatic carbocycles. The molecular formula is C22H23ClFN7O2. The summed E-state index contributed by atoms with van der Waals surface area (Å²) >= 11 is 6.11. The lowest BCUT2D eigenvalue weighted by atomic mass is 10.2. The summed E-state index contributed by atoms with van der Waals surface area (Å²) < 4.78 is 14.5. The van der Waals surface area contributed by atoms with E-state index in [-0.39, 0.29) is 30.7 Å². The molecule has 1 fully saturated rings. The molecule has 2 heterocycles. The molecule has 0 unspecified atom stereocenters. The second-order valence-electron chi connectivity index (χ2n) is 7.66. The molecule has 0 saturated carbocycles. The van der Waals surface area contributed by atoms with Crippen molar-refractivity contribution in [1.82, 2.24) is 24.6 Å². The van der Waals surface area contributed by atoms with Crippen LogP contribution in [0.2, 0.25) is 5.02 Å². The molecule has 2 amide bonds. The third kappa shape index (κ3) is 6.35. The van der Waals surface area contributed by atoms with Gasteiger partial charge < -0.3 is 10.6 Å². The Morgan fingerprint density at radius 1 is 0.939 bits per heavy atom. The average Bonchev–Trinajstić information content (AvgIpc) is 3.31. The van der Waals surface area contributed by atoms with Crippen LogP contribution < -0.4 is 10.6 Å². The molecule has 1 aliphatic rings. The number of carbonyl (C=O) groups is 2. The van der Waals surface area contributed by atoms with Crippen molar-refractivity contribution in [1.29, 1.82) is 0 Å². The third-order valence-corrected chi connectivity index (χ3v) is 5.46. The van der Waals surface area contributed by atoms with Gasteiger partial charge in [-0.25, -0.2) is 14.1 Å². The predicted octanol–water partition coefficient (Wildman–Crippen LogP) is 2.25. The Kier molecular flexibility index (Phi) is 7.28. The molecular weight excluding hydrogens is 449 g/mol. The van der Waals surface area contributed by atoms with Crippen LogP contribution >= 0.6 is 11.6 Å². The van der Waals surface area contributed by atoms with Gasteiger partial charge >= 0.3 is 0 Å². The van der Waals surface area contributed by atoms with Gasteiger partial charge in [-0.15, -0.1) is 0 Å². The van der Waals surface area contributed by atoms with Gasteiger partial charge in [0.25, 0.3) is 0 Å². The van der Waals surface area contributed by atoms with Gasteiger partial charge in [0.15, 0.2) is 0 Å². The van der Waals surface area contributed by atoms with Crippen LogP contribution in [-0.4, -0.2) is 75.6 Å². The maximum Gasteiger partial charge on any atom is 0.238 e. The molecule has 9 nitrogen and oxygen atoms in total. The second kappa shape index (κ2) is 10.5. The summed E-state index contributed by atoms with van der Waals surface area (Å²) in [5.74, 6) is -0.673. The maximum atomic E-state index is 13.0. The van der Waals surface area contributed by atoms with Crippen molar-refractivity contribution in [3.63, 3.8) is 0 Å². The van der Waals surface area contributed by atoms with Crippen molar-refractivity contribution in [2.45, 2.75) is 0 Å². The van der Waals surface area contributed by atoms with E-state index >= 15 is 0 Å². The smallest absolute Gasteiger partial charge is 0.238 e. The molecule has 3 aromatic rings. The maximum absolute atomic E-state index is 13.0. The van der Waals surface area contributed by atoms with E-state index < -0.39 is 0 Å². The fourth-order valence-electron chi connectivity index (χ4n) is 3.58. The Balaban J connectivity index is 1.25. The van der Waals surface area contributed by atoms with E-state index in [4.69, 9.17) is 11.6 Å². The van der Waals surface area contributed by atoms with Gasteiger partial charge in [-0.2, -0.15) is 5.10 Å². The van der Waals surface area contributed by atoms with Crippen molar-refractivity contribution < 1.29 is 14.0 Å². The summed E-state index contributed by atoms with van der Waals surface area (Å²) in [5, 5.41) is 10.3. The molecule has 4 rings (SSSR count). The number of aromatic nitrogens is 3. The Morgan fingerprint density at radius 3 is 2.18 bits per heavy atom. The van der Waals surface area contributed by atoms with Crippen molar-refractivity contribution in [3.05, 3.63) is 66.0 Å². The standard InChI is InChI=1S/C22H23ClFN7O2/c23-16-1-6-20(31-15-25-14-26-31)19(11-16)28-22(33)13-30-9-7-29(8-10-30)12-21(32)27-18-4-2-17(24)3-5-18/h1-6,11,14-15H,7-10,12-13H2,(H,27,32)(H,28,33). The number of carbonyl (C=O) groups excluding carboxylic acids is 2. The summed E-state index contributed by atoms with van der Waals surface area (Å²) in [4.78, 5) is 32.9. The van der Waals surface area contributed by atoms with E-state index in [0.717, 1.165) is 0 Å². The number of amides is 2. The number of nitrogens with zero attached hydrogens (tertiary/aromatic N) is 5. The van der Waals surface area contributed by atoms with Crippen LogP contribution in [0.4, 0.5) is 15.8 Å². The van der Waals surface area contributed by atoms with Gasteiger partial charge in [0.05, 0.1) is 24.5 Å². The van der Waals surface area contributed by atoms with Crippen LogP contribution in [0.3, 0.4) is 0 Å². The monoisotopic (exact) mass is 471 g/mol. The zero-order valence-corrected chi connectivity index (χ0v) is 18.5. The van der Waals surface area contributed by atoms with Crippen molar-refractivity contribution >= 4 is 34.8 Å². The summed E-state index contributed by atoms with van der Waals surface area (Å²) in [6, 6.07) is 10.8. The lowest BCUT2D eigenvalue weighted by Gasteiger charge is -2.33. The highest BCUT2D eigenvalue weighted by Gasteiger charge is 2.21. The lowest BCUT2D eigenvalue weighted by Crippen LogP contribution is -2.50. The number of hydrogen-bond donors (Lipinski definition) is 2. The molecule has 2 N–H and O–H groups in total. The van der Waals surface area contributed by atoms with E-state index in [2.05, 4.69) is 20.7 Å². The van der Waals surface area contributed by atoms with Gasteiger partial charge in [0.1, 0.15) is 18.5 Å². The van der Waals surface area contributed by atoms with Gasteiger partial charge in [-0.1, -0.05) is 11.6 Å². The number of benzene rings is 2. The third-order valence-electron chi connectivity index (χ3n) is 5.23. The van der Waals surface area contributed by atoms with Crippen molar-refractivity contribution in [3.8, 4) is 5.69 Å². The Hall–Kier alpha value is -3.34. The van der Waals surface area contributed by atoms with Crippen LogP contribution in [-0.2, 0) is 9.59 Å². The topological polar surface area (TPSA) is 95.4 Å². The Labute approximate surface area is 195 Å². The van der Waals surface area contributed by atoms with Gasteiger partial charge in [-0.05, 0) is 42.5 Å². The van der Waals surface area contributed by atoms with E-state index in [1.807, 2.05) is 9.80 Å². The van der Waals surface area contributed by atoms with Crippen LogP contribution in [0.1, 0.15) is 0 Å². The molecule has 1 saturated heterocycles. The molecule has 0 atom stereocenters. The van der Waals surface area contributed by atoms with Crippen LogP contribution in [0.25, 0.3) is 5.69 Å². The normalized spacial score (nSPS) is 14.7. The number of anilines is 2. The molecule has 1 aromatic heterocycles. The number of hydrogen-bond acceptors (Lipinski definition) is 6. The minimum Gasteiger partial charge on any atom is -0.325 e. The fraction of sp³-hybridized carbons (Fsp3) is 0.273. The molecule has 11 heteroatoms. The number of halogens is 2. The molecule has 172 valence electrons. The second-order valence-corrected chi connectivity index (χ2v) is 8.09. The highest BCUT2D eigenvalue weighted by atomic mass is 35.5. The first-order valence-corrected chi connectivity index (χ1v) is 10.8. The fourth-order valence-corrected chi connectivity index (χ4v) is 3.75. The SMILES string of the molecule is O=C(CN1CCN(CC(=O)Nc2cc(Cl)ccc2-n2cncn2)CC1)Nc1ccc(F)cc1. The predicted molar refractivity (Wildman–Crippen MR) is 123 cm³/mol. The first-order chi connectivity index (χ1) is 16.0. The van der Waals surface area contributed by atoms with Crippen molar-refractivity contribution in [2.24, 2.45) is 0 Å². The molecule has 0 radical (unpaired) electrons. The minimum absolute atomic E-state index is 0.158. The van der Waals surface area contributed by atoms with Gasteiger partial charge in [0, 0.05) is 36.9 Å². The van der Waals surface area contributed by atoms with Crippen LogP contribution in [0.15, 0.2) is 55.1 Å². The summed E-state index contributed by atoms with van der Waals surface area (Å²) in [6.07, 6.45) is 2.96. The molecule has 33 heavy (non-hydrogen) atoms. The van der Waals surface area contributed by atoms with Crippen molar-refractivity contribution in [2.75, 3.05) is 49.9 Å². The summed E-state index contributed by atoms with van der Waals surface area (Å²) in [6.45, 7) is 3.09. The zero-order valence-electron chi connectivity index (χ0n) is 17.7. The van der Waals surface area contributed by atoms with Crippen LogP contribution in [0, 0.1) is 5.82 Å². The van der Waals surface area contributed by atoms with E-state index in [0.29, 0.717) is 48.3 Å². The highest BCUT2D eigenvalue weighted by Crippen LogP contribution is 2.24. The Bertz CT molecular complexity index is 1100. The van der Waals surface area contributed by atoms with E-state index in [9.17, 15) is 14.0 Å². The molecule has 2 aromatic carbocycles. The lowest BCUT2D eigenvalue weighted by molar-refractivity contribution is -0.120. The minimum atomic E-state index is -0.349. The number of piperazine rings is 1.